The molecule has 3 nitrogen and oxygen atoms in total. The summed E-state index contributed by atoms with van der Waals surface area (Å²) in [6.07, 6.45) is 0. The molecule has 1 N–H and O–H groups in total. The van der Waals surface area contributed by atoms with Crippen LogP contribution >= 0.6 is 23.5 Å². The van der Waals surface area contributed by atoms with E-state index in [0.717, 1.165) is 16.7 Å². The number of amides is 1. The fraction of sp³-hybridized carbons (Fsp3) is 0.714. The first-order valence-electron chi connectivity index (χ1n) is 3.79. The number of nitrogens with one attached hydrogen (secondary N) is 1. The van der Waals surface area contributed by atoms with E-state index in [1.807, 2.05) is 6.92 Å². The third-order valence-electron chi connectivity index (χ3n) is 1.45. The van der Waals surface area contributed by atoms with E-state index >= 15 is 0 Å². The number of hydrogen-bond acceptors (Lipinski definition) is 4. The summed E-state index contributed by atoms with van der Waals surface area (Å²) in [5.74, 6) is 1.12. The Morgan fingerprint density at radius 2 is 2.58 bits per heavy atom. The maximum atomic E-state index is 11.1. The largest absolute Gasteiger partial charge is 0.358 e. The van der Waals surface area contributed by atoms with E-state index in [2.05, 4.69) is 10.3 Å². The van der Waals surface area contributed by atoms with Crippen LogP contribution in [0.1, 0.15) is 6.92 Å². The molecule has 1 heterocycles. The van der Waals surface area contributed by atoms with Gasteiger partial charge in [0, 0.05) is 12.8 Å². The molecule has 0 spiro atoms. The second-order valence-corrected chi connectivity index (χ2v) is 5.04. The molecular weight excluding hydrogens is 192 g/mol. The minimum Gasteiger partial charge on any atom is -0.358 e. The lowest BCUT2D eigenvalue weighted by Crippen LogP contribution is -2.27. The van der Waals surface area contributed by atoms with Gasteiger partial charge in [0.25, 0.3) is 0 Å². The zero-order valence-electron chi connectivity index (χ0n) is 7.16. The van der Waals surface area contributed by atoms with Gasteiger partial charge < -0.3 is 5.32 Å². The quantitative estimate of drug-likeness (QED) is 0.728. The Balaban J connectivity index is 2.34. The van der Waals surface area contributed by atoms with Crippen molar-refractivity contribution in [2.45, 2.75) is 12.2 Å². The molecule has 0 aromatic heterocycles. The summed E-state index contributed by atoms with van der Waals surface area (Å²) in [5.41, 5.74) is 0. The van der Waals surface area contributed by atoms with E-state index < -0.39 is 0 Å². The van der Waals surface area contributed by atoms with Crippen molar-refractivity contribution in [1.29, 1.82) is 0 Å². The van der Waals surface area contributed by atoms with Crippen LogP contribution in [0.2, 0.25) is 0 Å². The van der Waals surface area contributed by atoms with Gasteiger partial charge in [0.05, 0.1) is 11.8 Å². The second kappa shape index (κ2) is 4.77. The molecule has 1 rings (SSSR count). The molecule has 68 valence electrons. The van der Waals surface area contributed by atoms with Crippen molar-refractivity contribution in [1.82, 2.24) is 5.32 Å². The van der Waals surface area contributed by atoms with Gasteiger partial charge in [-0.05, 0) is 6.92 Å². The standard InChI is InChI=1S/C7H12N2OS2/c1-5(6(10)8-2)12-7-9-3-4-11-7/h5H,3-4H2,1-2H3,(H,8,10)/t5-/m1/s1. The summed E-state index contributed by atoms with van der Waals surface area (Å²) in [5, 5.41) is 2.59. The predicted octanol–water partition coefficient (Wildman–Crippen LogP) is 0.957. The van der Waals surface area contributed by atoms with Crippen LogP contribution in [-0.2, 0) is 4.79 Å². The monoisotopic (exact) mass is 204 g/mol. The molecule has 0 aromatic rings. The van der Waals surface area contributed by atoms with Crippen molar-refractivity contribution in [3.8, 4) is 0 Å². The highest BCUT2D eigenvalue weighted by molar-refractivity contribution is 8.39. The van der Waals surface area contributed by atoms with Crippen LogP contribution in [0, 0.1) is 0 Å². The highest BCUT2D eigenvalue weighted by atomic mass is 32.2. The molecule has 0 unspecified atom stereocenters. The zero-order chi connectivity index (χ0) is 8.97. The minimum atomic E-state index is -0.0284. The molecule has 1 aliphatic heterocycles. The number of aliphatic imine (C=N–C) groups is 1. The zero-order valence-corrected chi connectivity index (χ0v) is 8.80. The van der Waals surface area contributed by atoms with Crippen LogP contribution < -0.4 is 5.32 Å². The van der Waals surface area contributed by atoms with Crippen molar-refractivity contribution in [3.63, 3.8) is 0 Å². The molecular formula is C7H12N2OS2. The van der Waals surface area contributed by atoms with E-state index in [4.69, 9.17) is 0 Å². The Morgan fingerprint density at radius 1 is 1.83 bits per heavy atom. The lowest BCUT2D eigenvalue weighted by Gasteiger charge is -2.07. The Hall–Kier alpha value is -0.160. The maximum absolute atomic E-state index is 11.1. The molecule has 1 amide bonds. The average Bonchev–Trinajstić information content (AvgIpc) is 2.55. The van der Waals surface area contributed by atoms with E-state index in [-0.39, 0.29) is 11.2 Å². The molecule has 0 aromatic carbocycles. The summed E-state index contributed by atoms with van der Waals surface area (Å²) < 4.78 is 1.05. The van der Waals surface area contributed by atoms with Gasteiger partial charge in [-0.15, -0.1) is 0 Å². The van der Waals surface area contributed by atoms with Gasteiger partial charge in [0.15, 0.2) is 0 Å². The average molecular weight is 204 g/mol. The first-order valence-corrected chi connectivity index (χ1v) is 5.66. The molecule has 0 saturated heterocycles. The fourth-order valence-electron chi connectivity index (χ4n) is 0.795. The van der Waals surface area contributed by atoms with Crippen LogP contribution in [-0.4, -0.2) is 34.9 Å². The molecule has 1 atom stereocenters. The van der Waals surface area contributed by atoms with Crippen molar-refractivity contribution >= 4 is 33.8 Å². The van der Waals surface area contributed by atoms with E-state index in [0.29, 0.717) is 0 Å². The van der Waals surface area contributed by atoms with E-state index in [1.165, 1.54) is 0 Å². The molecule has 0 radical (unpaired) electrons. The summed E-state index contributed by atoms with van der Waals surface area (Å²) in [7, 11) is 1.66. The normalized spacial score (nSPS) is 18.7. The number of hydrogen-bond donors (Lipinski definition) is 1. The molecule has 0 bridgehead atoms. The Bertz CT molecular complexity index is 206. The smallest absolute Gasteiger partial charge is 0.233 e. The third kappa shape index (κ3) is 2.71. The predicted molar refractivity (Wildman–Crippen MR) is 55.9 cm³/mol. The SMILES string of the molecule is CNC(=O)[C@@H](C)SC1=NCCS1. The summed E-state index contributed by atoms with van der Waals surface area (Å²) in [6.45, 7) is 2.79. The number of thioether (sulfide) groups is 2. The van der Waals surface area contributed by atoms with Gasteiger partial charge in [-0.25, -0.2) is 0 Å². The Morgan fingerprint density at radius 3 is 3.08 bits per heavy atom. The first-order chi connectivity index (χ1) is 5.74. The summed E-state index contributed by atoms with van der Waals surface area (Å²) >= 11 is 3.27. The van der Waals surface area contributed by atoms with Gasteiger partial charge >= 0.3 is 0 Å². The molecule has 0 aliphatic carbocycles. The fourth-order valence-corrected chi connectivity index (χ4v) is 2.98. The van der Waals surface area contributed by atoms with E-state index in [1.54, 1.807) is 30.6 Å². The van der Waals surface area contributed by atoms with Gasteiger partial charge in [-0.3, -0.25) is 9.79 Å². The van der Waals surface area contributed by atoms with Crippen LogP contribution in [0.4, 0.5) is 0 Å². The van der Waals surface area contributed by atoms with Gasteiger partial charge in [-0.1, -0.05) is 23.5 Å². The second-order valence-electron chi connectivity index (χ2n) is 2.37. The molecule has 0 saturated carbocycles. The lowest BCUT2D eigenvalue weighted by molar-refractivity contribution is -0.119. The van der Waals surface area contributed by atoms with Crippen molar-refractivity contribution < 1.29 is 4.79 Å². The highest BCUT2D eigenvalue weighted by Crippen LogP contribution is 2.25. The molecule has 5 heteroatoms. The van der Waals surface area contributed by atoms with Crippen LogP contribution in [0.25, 0.3) is 0 Å². The van der Waals surface area contributed by atoms with E-state index in [9.17, 15) is 4.79 Å². The van der Waals surface area contributed by atoms with Crippen molar-refractivity contribution in [3.05, 3.63) is 0 Å². The lowest BCUT2D eigenvalue weighted by atomic mass is 10.4. The number of rotatable bonds is 2. The number of nitrogens with zero attached hydrogens (tertiary/aromatic N) is 1. The number of carbonyl (C=O) groups is 1. The topological polar surface area (TPSA) is 41.5 Å². The highest BCUT2D eigenvalue weighted by Gasteiger charge is 2.17. The summed E-state index contributed by atoms with van der Waals surface area (Å²) in [4.78, 5) is 15.4. The Labute approximate surface area is 80.8 Å². The number of carbonyl (C=O) groups excluding carboxylic acids is 1. The first kappa shape index (κ1) is 9.92. The maximum Gasteiger partial charge on any atom is 0.233 e. The third-order valence-corrected chi connectivity index (χ3v) is 3.75. The van der Waals surface area contributed by atoms with Crippen LogP contribution in [0.5, 0.6) is 0 Å². The molecule has 1 aliphatic rings. The van der Waals surface area contributed by atoms with Gasteiger partial charge in [0.1, 0.15) is 4.38 Å². The van der Waals surface area contributed by atoms with Crippen LogP contribution in [0.15, 0.2) is 4.99 Å². The van der Waals surface area contributed by atoms with Crippen molar-refractivity contribution in [2.24, 2.45) is 4.99 Å². The molecule has 12 heavy (non-hydrogen) atoms. The minimum absolute atomic E-state index is 0.0284. The summed E-state index contributed by atoms with van der Waals surface area (Å²) in [6, 6.07) is 0. The van der Waals surface area contributed by atoms with Crippen molar-refractivity contribution in [2.75, 3.05) is 19.3 Å². The Kier molecular flexibility index (Phi) is 3.94. The van der Waals surface area contributed by atoms with Crippen LogP contribution in [0.3, 0.4) is 0 Å². The molecule has 0 fully saturated rings. The van der Waals surface area contributed by atoms with Gasteiger partial charge in [-0.2, -0.15) is 0 Å². The van der Waals surface area contributed by atoms with Gasteiger partial charge in [0.2, 0.25) is 5.91 Å².